The molecule has 1 unspecified atom stereocenters. The second-order valence-corrected chi connectivity index (χ2v) is 7.29. The van der Waals surface area contributed by atoms with Gasteiger partial charge in [-0.25, -0.2) is 0 Å². The number of nitrogens with zero attached hydrogens (tertiary/aromatic N) is 3. The summed E-state index contributed by atoms with van der Waals surface area (Å²) in [6.45, 7) is 10.5. The monoisotopic (exact) mass is 277 g/mol. The van der Waals surface area contributed by atoms with Crippen molar-refractivity contribution in [3.05, 3.63) is 0 Å². The normalized spacial score (nSPS) is 25.8. The lowest BCUT2D eigenvalue weighted by Gasteiger charge is -2.32. The summed E-state index contributed by atoms with van der Waals surface area (Å²) in [5.41, 5.74) is -0.138. The van der Waals surface area contributed by atoms with Crippen molar-refractivity contribution in [1.82, 2.24) is 9.80 Å². The molecule has 114 valence electrons. The molecule has 2 saturated heterocycles. The lowest BCUT2D eigenvalue weighted by molar-refractivity contribution is 0.161. The molecular weight excluding hydrogens is 246 g/mol. The Hall–Kier alpha value is -0.590. The van der Waals surface area contributed by atoms with Crippen molar-refractivity contribution in [3.63, 3.8) is 0 Å². The van der Waals surface area contributed by atoms with Crippen molar-refractivity contribution >= 4 is 0 Å². The molecule has 2 heterocycles. The van der Waals surface area contributed by atoms with Crippen LogP contribution in [0.4, 0.5) is 0 Å². The highest BCUT2D eigenvalue weighted by molar-refractivity contribution is 4.91. The van der Waals surface area contributed by atoms with Gasteiger partial charge in [0.1, 0.15) is 0 Å². The Morgan fingerprint density at radius 1 is 1.10 bits per heavy atom. The Kier molecular flexibility index (Phi) is 5.86. The van der Waals surface area contributed by atoms with Crippen molar-refractivity contribution in [3.8, 4) is 6.07 Å². The molecule has 20 heavy (non-hydrogen) atoms. The van der Waals surface area contributed by atoms with E-state index in [2.05, 4.69) is 29.7 Å². The minimum atomic E-state index is -0.138. The van der Waals surface area contributed by atoms with Crippen LogP contribution in [-0.4, -0.2) is 48.6 Å². The second-order valence-electron chi connectivity index (χ2n) is 7.29. The molecule has 0 bridgehead atoms. The quantitative estimate of drug-likeness (QED) is 0.698. The van der Waals surface area contributed by atoms with E-state index in [-0.39, 0.29) is 5.41 Å². The van der Waals surface area contributed by atoms with Crippen molar-refractivity contribution in [1.29, 1.82) is 5.26 Å². The van der Waals surface area contributed by atoms with E-state index in [9.17, 15) is 0 Å². The van der Waals surface area contributed by atoms with Crippen LogP contribution in [0.25, 0.3) is 0 Å². The highest BCUT2D eigenvalue weighted by Crippen LogP contribution is 2.23. The topological polar surface area (TPSA) is 30.3 Å². The average Bonchev–Trinajstić information content (AvgIpc) is 2.93. The van der Waals surface area contributed by atoms with Gasteiger partial charge in [0.15, 0.2) is 0 Å². The van der Waals surface area contributed by atoms with Gasteiger partial charge in [-0.2, -0.15) is 5.26 Å². The van der Waals surface area contributed by atoms with Gasteiger partial charge < -0.3 is 4.90 Å². The molecule has 2 aliphatic rings. The highest BCUT2D eigenvalue weighted by atomic mass is 15.3. The largest absolute Gasteiger partial charge is 0.302 e. The number of rotatable bonds is 6. The van der Waals surface area contributed by atoms with Gasteiger partial charge >= 0.3 is 0 Å². The fourth-order valence-electron chi connectivity index (χ4n) is 3.56. The third-order valence-corrected chi connectivity index (χ3v) is 4.98. The van der Waals surface area contributed by atoms with Gasteiger partial charge in [0.05, 0.1) is 11.5 Å². The number of hydrogen-bond donors (Lipinski definition) is 0. The second kappa shape index (κ2) is 7.43. The molecule has 2 rings (SSSR count). The summed E-state index contributed by atoms with van der Waals surface area (Å²) in [6, 6.07) is 3.22. The third-order valence-electron chi connectivity index (χ3n) is 4.98. The maximum absolute atomic E-state index is 9.02. The zero-order chi connectivity index (χ0) is 14.4. The molecule has 0 saturated carbocycles. The number of likely N-dealkylation sites (tertiary alicyclic amines) is 2. The van der Waals surface area contributed by atoms with Crippen LogP contribution in [0.5, 0.6) is 0 Å². The Balaban J connectivity index is 1.60. The van der Waals surface area contributed by atoms with Crippen molar-refractivity contribution in [2.24, 2.45) is 5.41 Å². The Morgan fingerprint density at radius 3 is 2.55 bits per heavy atom. The van der Waals surface area contributed by atoms with Crippen LogP contribution < -0.4 is 0 Å². The van der Waals surface area contributed by atoms with Crippen LogP contribution in [0, 0.1) is 16.7 Å². The molecular formula is C17H31N3. The Labute approximate surface area is 124 Å². The van der Waals surface area contributed by atoms with Crippen molar-refractivity contribution in [2.45, 2.75) is 64.8 Å². The molecule has 0 aromatic carbocycles. The van der Waals surface area contributed by atoms with Gasteiger partial charge in [-0.3, -0.25) is 4.90 Å². The van der Waals surface area contributed by atoms with E-state index < -0.39 is 0 Å². The number of nitriles is 1. The van der Waals surface area contributed by atoms with E-state index >= 15 is 0 Å². The predicted molar refractivity (Wildman–Crippen MR) is 83.5 cm³/mol. The summed E-state index contributed by atoms with van der Waals surface area (Å²) in [4.78, 5) is 5.36. The first-order valence-corrected chi connectivity index (χ1v) is 8.48. The number of unbranched alkanes of at least 4 members (excludes halogenated alkanes) is 1. The van der Waals surface area contributed by atoms with Crippen LogP contribution >= 0.6 is 0 Å². The zero-order valence-electron chi connectivity index (χ0n) is 13.4. The number of hydrogen-bond acceptors (Lipinski definition) is 3. The van der Waals surface area contributed by atoms with Gasteiger partial charge in [-0.15, -0.1) is 0 Å². The van der Waals surface area contributed by atoms with E-state index in [1.54, 1.807) is 0 Å². The maximum Gasteiger partial charge on any atom is 0.0683 e. The molecule has 0 N–H and O–H groups in total. The molecule has 2 fully saturated rings. The summed E-state index contributed by atoms with van der Waals surface area (Å²) >= 11 is 0. The molecule has 2 aliphatic heterocycles. The summed E-state index contributed by atoms with van der Waals surface area (Å²) in [6.07, 6.45) is 9.07. The van der Waals surface area contributed by atoms with Gasteiger partial charge in [0, 0.05) is 12.6 Å². The standard InChI is InChI=1S/C17H31N3/c1-17(2,15-18)9-4-7-10-19-13-8-16(14-19)20-11-5-3-6-12-20/h16H,3-14H2,1-2H3. The summed E-state index contributed by atoms with van der Waals surface area (Å²) in [5.74, 6) is 0. The SMILES string of the molecule is CC(C)(C#N)CCCCN1CCC(N2CCCCC2)C1. The van der Waals surface area contributed by atoms with Gasteiger partial charge in [-0.05, 0) is 72.1 Å². The van der Waals surface area contributed by atoms with Crippen LogP contribution in [0.1, 0.15) is 58.8 Å². The third kappa shape index (κ3) is 4.75. The van der Waals surface area contributed by atoms with Gasteiger partial charge in [-0.1, -0.05) is 12.8 Å². The summed E-state index contributed by atoms with van der Waals surface area (Å²) in [5, 5.41) is 9.02. The molecule has 0 amide bonds. The first kappa shape index (κ1) is 15.8. The molecule has 0 aromatic heterocycles. The lowest BCUT2D eigenvalue weighted by atomic mass is 9.89. The molecule has 0 radical (unpaired) electrons. The predicted octanol–water partition coefficient (Wildman–Crippen LogP) is 3.27. The summed E-state index contributed by atoms with van der Waals surface area (Å²) in [7, 11) is 0. The van der Waals surface area contributed by atoms with Crippen LogP contribution in [0.3, 0.4) is 0 Å². The molecule has 0 spiro atoms. The van der Waals surface area contributed by atoms with E-state index in [1.165, 1.54) is 71.2 Å². The van der Waals surface area contributed by atoms with E-state index in [1.807, 2.05) is 0 Å². The lowest BCUT2D eigenvalue weighted by Crippen LogP contribution is -2.40. The minimum Gasteiger partial charge on any atom is -0.302 e. The fraction of sp³-hybridized carbons (Fsp3) is 0.941. The Bertz CT molecular complexity index is 326. The highest BCUT2D eigenvalue weighted by Gasteiger charge is 2.28. The fourth-order valence-corrected chi connectivity index (χ4v) is 3.56. The first-order valence-electron chi connectivity index (χ1n) is 8.48. The van der Waals surface area contributed by atoms with Gasteiger partial charge in [0.2, 0.25) is 0 Å². The number of piperidine rings is 1. The molecule has 0 aromatic rings. The summed E-state index contributed by atoms with van der Waals surface area (Å²) < 4.78 is 0. The molecule has 0 aliphatic carbocycles. The van der Waals surface area contributed by atoms with E-state index in [0.717, 1.165) is 12.5 Å². The molecule has 3 nitrogen and oxygen atoms in total. The van der Waals surface area contributed by atoms with Crippen LogP contribution in [0.2, 0.25) is 0 Å². The first-order chi connectivity index (χ1) is 9.61. The Morgan fingerprint density at radius 2 is 1.85 bits per heavy atom. The maximum atomic E-state index is 9.02. The zero-order valence-corrected chi connectivity index (χ0v) is 13.4. The smallest absolute Gasteiger partial charge is 0.0683 e. The molecule has 3 heteroatoms. The molecule has 1 atom stereocenters. The van der Waals surface area contributed by atoms with E-state index in [4.69, 9.17) is 5.26 Å². The van der Waals surface area contributed by atoms with Gasteiger partial charge in [0.25, 0.3) is 0 Å². The van der Waals surface area contributed by atoms with Crippen molar-refractivity contribution in [2.75, 3.05) is 32.7 Å². The minimum absolute atomic E-state index is 0.138. The average molecular weight is 277 g/mol. The van der Waals surface area contributed by atoms with Crippen LogP contribution in [0.15, 0.2) is 0 Å². The van der Waals surface area contributed by atoms with Crippen LogP contribution in [-0.2, 0) is 0 Å². The van der Waals surface area contributed by atoms with Crippen molar-refractivity contribution < 1.29 is 0 Å². The van der Waals surface area contributed by atoms with E-state index in [0.29, 0.717) is 0 Å².